The molecular formula is C23H30FNO2. The molecule has 1 heterocycles. The quantitative estimate of drug-likeness (QED) is 0.516. The molecule has 0 saturated heterocycles. The predicted molar refractivity (Wildman–Crippen MR) is 111 cm³/mol. The SMILES string of the molecule is CC(C=CC(F)=C(C)c1ccc2c(c1)CCCCCN2C(C)C)=CC(=O)O. The molecule has 0 aromatic heterocycles. The van der Waals surface area contributed by atoms with E-state index in [1.165, 1.54) is 36.2 Å². The van der Waals surface area contributed by atoms with Crippen LogP contribution >= 0.6 is 0 Å². The topological polar surface area (TPSA) is 40.5 Å². The van der Waals surface area contributed by atoms with Crippen LogP contribution in [0.1, 0.15) is 58.1 Å². The van der Waals surface area contributed by atoms with Crippen LogP contribution in [-0.2, 0) is 11.2 Å². The first-order valence-corrected chi connectivity index (χ1v) is 9.65. The zero-order valence-electron chi connectivity index (χ0n) is 16.8. The molecule has 146 valence electrons. The monoisotopic (exact) mass is 371 g/mol. The minimum absolute atomic E-state index is 0.348. The summed E-state index contributed by atoms with van der Waals surface area (Å²) in [5, 5.41) is 8.73. The van der Waals surface area contributed by atoms with Crippen molar-refractivity contribution >= 4 is 17.2 Å². The van der Waals surface area contributed by atoms with E-state index in [9.17, 15) is 9.18 Å². The third kappa shape index (κ3) is 5.81. The number of nitrogens with zero attached hydrogens (tertiary/aromatic N) is 1. The van der Waals surface area contributed by atoms with Crippen LogP contribution in [0.3, 0.4) is 0 Å². The molecule has 0 spiro atoms. The van der Waals surface area contributed by atoms with Gasteiger partial charge in [-0.1, -0.05) is 18.6 Å². The second-order valence-corrected chi connectivity index (χ2v) is 7.47. The lowest BCUT2D eigenvalue weighted by Gasteiger charge is -2.33. The second-order valence-electron chi connectivity index (χ2n) is 7.47. The minimum Gasteiger partial charge on any atom is -0.478 e. The molecular weight excluding hydrogens is 341 g/mol. The van der Waals surface area contributed by atoms with Crippen LogP contribution in [0.25, 0.3) is 5.57 Å². The molecule has 0 atom stereocenters. The third-order valence-corrected chi connectivity index (χ3v) is 4.99. The summed E-state index contributed by atoms with van der Waals surface area (Å²) in [7, 11) is 0. The number of allylic oxidation sites excluding steroid dienone is 5. The van der Waals surface area contributed by atoms with Gasteiger partial charge in [-0.15, -0.1) is 0 Å². The van der Waals surface area contributed by atoms with E-state index in [0.717, 1.165) is 31.0 Å². The van der Waals surface area contributed by atoms with Gasteiger partial charge < -0.3 is 10.0 Å². The largest absolute Gasteiger partial charge is 0.478 e. The third-order valence-electron chi connectivity index (χ3n) is 4.99. The lowest BCUT2D eigenvalue weighted by Crippen LogP contribution is -2.33. The number of rotatable bonds is 5. The molecule has 1 aromatic rings. The number of carboxylic acid groups (broad SMARTS) is 1. The van der Waals surface area contributed by atoms with E-state index in [0.29, 0.717) is 17.2 Å². The van der Waals surface area contributed by atoms with E-state index < -0.39 is 5.97 Å². The molecule has 0 bridgehead atoms. The fourth-order valence-corrected chi connectivity index (χ4v) is 3.44. The summed E-state index contributed by atoms with van der Waals surface area (Å²) in [6.07, 6.45) is 8.48. The summed E-state index contributed by atoms with van der Waals surface area (Å²) in [5.41, 5.74) is 4.48. The van der Waals surface area contributed by atoms with Crippen molar-refractivity contribution in [2.24, 2.45) is 0 Å². The van der Waals surface area contributed by atoms with Gasteiger partial charge in [-0.3, -0.25) is 0 Å². The number of halogens is 1. The number of carbonyl (C=O) groups is 1. The Morgan fingerprint density at radius 2 is 1.93 bits per heavy atom. The maximum atomic E-state index is 14.6. The van der Waals surface area contributed by atoms with Crippen LogP contribution in [0.2, 0.25) is 0 Å². The molecule has 0 aliphatic carbocycles. The molecule has 2 rings (SSSR count). The van der Waals surface area contributed by atoms with Gasteiger partial charge in [0, 0.05) is 24.4 Å². The highest BCUT2D eigenvalue weighted by atomic mass is 19.1. The summed E-state index contributed by atoms with van der Waals surface area (Å²) >= 11 is 0. The Balaban J connectivity index is 2.34. The summed E-state index contributed by atoms with van der Waals surface area (Å²) in [6, 6.07) is 6.65. The van der Waals surface area contributed by atoms with Crippen LogP contribution in [0, 0.1) is 0 Å². The average Bonchev–Trinajstić information content (AvgIpc) is 2.58. The van der Waals surface area contributed by atoms with E-state index >= 15 is 0 Å². The first kappa shape index (κ1) is 20.9. The number of aliphatic carboxylic acids is 1. The molecule has 0 saturated carbocycles. The van der Waals surface area contributed by atoms with Gasteiger partial charge in [0.25, 0.3) is 0 Å². The molecule has 3 nitrogen and oxygen atoms in total. The van der Waals surface area contributed by atoms with Crippen LogP contribution < -0.4 is 4.90 Å². The average molecular weight is 371 g/mol. The highest BCUT2D eigenvalue weighted by Gasteiger charge is 2.17. The van der Waals surface area contributed by atoms with E-state index in [-0.39, 0.29) is 5.83 Å². The fraction of sp³-hybridized carbons (Fsp3) is 0.435. The van der Waals surface area contributed by atoms with Crippen molar-refractivity contribution in [3.8, 4) is 0 Å². The van der Waals surface area contributed by atoms with E-state index in [4.69, 9.17) is 5.11 Å². The molecule has 1 aliphatic rings. The Morgan fingerprint density at radius 3 is 2.59 bits per heavy atom. The van der Waals surface area contributed by atoms with Crippen molar-refractivity contribution in [3.63, 3.8) is 0 Å². The van der Waals surface area contributed by atoms with E-state index in [1.807, 2.05) is 6.07 Å². The number of anilines is 1. The van der Waals surface area contributed by atoms with Gasteiger partial charge >= 0.3 is 5.97 Å². The lowest BCUT2D eigenvalue weighted by molar-refractivity contribution is -0.131. The minimum atomic E-state index is -1.03. The van der Waals surface area contributed by atoms with Crippen LogP contribution in [-0.4, -0.2) is 23.7 Å². The number of fused-ring (bicyclic) bond motifs is 1. The zero-order valence-corrected chi connectivity index (χ0v) is 16.8. The Hall–Kier alpha value is -2.36. The van der Waals surface area contributed by atoms with Gasteiger partial charge in [-0.25, -0.2) is 9.18 Å². The first-order valence-electron chi connectivity index (χ1n) is 9.65. The summed E-state index contributed by atoms with van der Waals surface area (Å²) in [5.74, 6) is -1.38. The van der Waals surface area contributed by atoms with Crippen LogP contribution in [0.4, 0.5) is 10.1 Å². The summed E-state index contributed by atoms with van der Waals surface area (Å²) in [4.78, 5) is 13.1. The normalized spacial score (nSPS) is 16.8. The molecule has 1 aliphatic heterocycles. The Labute approximate surface area is 161 Å². The smallest absolute Gasteiger partial charge is 0.328 e. The Kier molecular flexibility index (Phi) is 7.40. The van der Waals surface area contributed by atoms with Crippen molar-refractivity contribution in [1.29, 1.82) is 0 Å². The van der Waals surface area contributed by atoms with Gasteiger partial charge in [-0.05, 0) is 87.4 Å². The molecule has 4 heteroatoms. The summed E-state index contributed by atoms with van der Waals surface area (Å²) < 4.78 is 14.6. The second kappa shape index (κ2) is 9.54. The highest BCUT2D eigenvalue weighted by molar-refractivity contribution is 5.81. The molecule has 0 amide bonds. The standard InChI is InChI=1S/C23H30FNO2/c1-16(2)25-13-7-5-6-8-20-15-19(10-12-22(20)25)18(4)21(24)11-9-17(3)14-23(26)27/h9-12,14-16H,5-8,13H2,1-4H3,(H,26,27). The number of hydrogen-bond acceptors (Lipinski definition) is 2. The fourth-order valence-electron chi connectivity index (χ4n) is 3.44. The Morgan fingerprint density at radius 1 is 1.19 bits per heavy atom. The van der Waals surface area contributed by atoms with Crippen LogP contribution in [0.15, 0.2) is 47.8 Å². The van der Waals surface area contributed by atoms with Crippen molar-refractivity contribution in [2.45, 2.75) is 59.4 Å². The number of benzene rings is 1. The maximum Gasteiger partial charge on any atom is 0.328 e. The van der Waals surface area contributed by atoms with Crippen molar-refractivity contribution in [3.05, 3.63) is 59.0 Å². The van der Waals surface area contributed by atoms with Crippen molar-refractivity contribution in [1.82, 2.24) is 0 Å². The van der Waals surface area contributed by atoms with E-state index in [1.54, 1.807) is 13.8 Å². The van der Waals surface area contributed by atoms with Gasteiger partial charge in [0.05, 0.1) is 0 Å². The van der Waals surface area contributed by atoms with Crippen molar-refractivity contribution < 1.29 is 14.3 Å². The molecule has 0 unspecified atom stereocenters. The number of aryl methyl sites for hydroxylation is 1. The van der Waals surface area contributed by atoms with Crippen LogP contribution in [0.5, 0.6) is 0 Å². The Bertz CT molecular complexity index is 775. The van der Waals surface area contributed by atoms with E-state index in [2.05, 4.69) is 30.9 Å². The lowest BCUT2D eigenvalue weighted by atomic mass is 9.95. The maximum absolute atomic E-state index is 14.6. The molecule has 0 radical (unpaired) electrons. The number of carboxylic acids is 1. The van der Waals surface area contributed by atoms with Gasteiger partial charge in [0.1, 0.15) is 5.83 Å². The zero-order chi connectivity index (χ0) is 20.0. The molecule has 1 N–H and O–H groups in total. The molecule has 1 aromatic carbocycles. The van der Waals surface area contributed by atoms with Gasteiger partial charge in [-0.2, -0.15) is 0 Å². The van der Waals surface area contributed by atoms with Gasteiger partial charge in [0.2, 0.25) is 0 Å². The highest BCUT2D eigenvalue weighted by Crippen LogP contribution is 2.31. The first-order chi connectivity index (χ1) is 12.8. The van der Waals surface area contributed by atoms with Gasteiger partial charge in [0.15, 0.2) is 0 Å². The molecule has 0 fully saturated rings. The number of hydrogen-bond donors (Lipinski definition) is 1. The predicted octanol–water partition coefficient (Wildman–Crippen LogP) is 5.92. The van der Waals surface area contributed by atoms with Crippen molar-refractivity contribution in [2.75, 3.05) is 11.4 Å². The summed E-state index contributed by atoms with van der Waals surface area (Å²) in [6.45, 7) is 8.88. The molecule has 27 heavy (non-hydrogen) atoms.